The molecule has 0 aliphatic heterocycles. The molecule has 19 heavy (non-hydrogen) atoms. The number of aliphatic carboxylic acids is 1. The second-order valence-corrected chi connectivity index (χ2v) is 4.01. The molecule has 6 heteroatoms. The topological polar surface area (TPSA) is 83.0 Å². The summed E-state index contributed by atoms with van der Waals surface area (Å²) in [5.41, 5.74) is 1.05. The lowest BCUT2D eigenvalue weighted by Gasteiger charge is -2.03. The van der Waals surface area contributed by atoms with Crippen molar-refractivity contribution in [2.45, 2.75) is 12.8 Å². The van der Waals surface area contributed by atoms with Gasteiger partial charge in [-0.25, -0.2) is 9.49 Å². The lowest BCUT2D eigenvalue weighted by Crippen LogP contribution is -2.15. The van der Waals surface area contributed by atoms with E-state index < -0.39 is 11.5 Å². The molecule has 0 aliphatic rings. The second-order valence-electron chi connectivity index (χ2n) is 4.01. The van der Waals surface area contributed by atoms with E-state index in [1.165, 1.54) is 30.3 Å². The van der Waals surface area contributed by atoms with Gasteiger partial charge in [0.05, 0.1) is 5.69 Å². The number of nitrogens with one attached hydrogen (secondary N) is 1. The van der Waals surface area contributed by atoms with E-state index in [-0.39, 0.29) is 18.7 Å². The molecule has 0 saturated carbocycles. The molecule has 1 aromatic carbocycles. The number of aromatic nitrogens is 2. The van der Waals surface area contributed by atoms with Gasteiger partial charge in [-0.2, -0.15) is 5.10 Å². The Hall–Kier alpha value is -2.50. The van der Waals surface area contributed by atoms with Crippen molar-refractivity contribution in [1.82, 2.24) is 10.2 Å². The zero-order chi connectivity index (χ0) is 13.8. The normalized spacial score (nSPS) is 10.4. The maximum absolute atomic E-state index is 12.8. The molecule has 1 aromatic heterocycles. The largest absolute Gasteiger partial charge is 0.481 e. The summed E-state index contributed by atoms with van der Waals surface area (Å²) < 4.78 is 12.8. The van der Waals surface area contributed by atoms with Crippen molar-refractivity contribution in [3.8, 4) is 11.3 Å². The molecule has 0 amide bonds. The smallest absolute Gasteiger partial charge is 0.303 e. The number of nitrogens with zero attached hydrogens (tertiary/aromatic N) is 1. The number of hydrogen-bond acceptors (Lipinski definition) is 3. The van der Waals surface area contributed by atoms with Gasteiger partial charge in [-0.05, 0) is 36.8 Å². The highest BCUT2D eigenvalue weighted by molar-refractivity contribution is 5.67. The summed E-state index contributed by atoms with van der Waals surface area (Å²) in [5, 5.41) is 14.8. The van der Waals surface area contributed by atoms with Crippen molar-refractivity contribution in [3.05, 3.63) is 52.1 Å². The van der Waals surface area contributed by atoms with Crippen LogP contribution in [0.2, 0.25) is 0 Å². The van der Waals surface area contributed by atoms with E-state index in [0.717, 1.165) is 0 Å². The van der Waals surface area contributed by atoms with Crippen LogP contribution in [0.25, 0.3) is 11.3 Å². The Balaban J connectivity index is 2.32. The van der Waals surface area contributed by atoms with Crippen LogP contribution in [-0.4, -0.2) is 21.3 Å². The molecule has 0 aliphatic carbocycles. The van der Waals surface area contributed by atoms with Gasteiger partial charge in [-0.3, -0.25) is 9.59 Å². The summed E-state index contributed by atoms with van der Waals surface area (Å²) >= 11 is 0. The summed E-state index contributed by atoms with van der Waals surface area (Å²) in [6.45, 7) is 0. The third-order valence-electron chi connectivity index (χ3n) is 2.63. The zero-order valence-electron chi connectivity index (χ0n) is 9.89. The minimum absolute atomic E-state index is 0.126. The molecule has 0 unspecified atom stereocenters. The van der Waals surface area contributed by atoms with Gasteiger partial charge in [-0.1, -0.05) is 0 Å². The molecule has 98 valence electrons. The van der Waals surface area contributed by atoms with Gasteiger partial charge >= 0.3 is 5.97 Å². The van der Waals surface area contributed by atoms with Crippen LogP contribution in [0, 0.1) is 5.82 Å². The Bertz CT molecular complexity index is 650. The minimum atomic E-state index is -0.973. The average Bonchev–Trinajstić information content (AvgIpc) is 2.39. The number of carbonyl (C=O) groups is 1. The standard InChI is InChI=1S/C13H11FN2O3/c14-10-4-1-8(2-5-10)11-7-9(3-6-12(17)18)13(19)16-15-11/h1-2,4-5,7H,3,6H2,(H,16,19)(H,17,18). The molecule has 0 fully saturated rings. The van der Waals surface area contributed by atoms with Crippen molar-refractivity contribution in [3.63, 3.8) is 0 Å². The Kier molecular flexibility index (Phi) is 3.70. The van der Waals surface area contributed by atoms with Crippen LogP contribution in [0.1, 0.15) is 12.0 Å². The van der Waals surface area contributed by atoms with Gasteiger partial charge in [-0.15, -0.1) is 0 Å². The first-order valence-electron chi connectivity index (χ1n) is 5.62. The van der Waals surface area contributed by atoms with Crippen LogP contribution in [0.5, 0.6) is 0 Å². The van der Waals surface area contributed by atoms with Crippen LogP contribution in [0.4, 0.5) is 4.39 Å². The Morgan fingerprint density at radius 3 is 2.63 bits per heavy atom. The van der Waals surface area contributed by atoms with Crippen LogP contribution >= 0.6 is 0 Å². The number of halogens is 1. The Morgan fingerprint density at radius 2 is 2.00 bits per heavy atom. The fraction of sp³-hybridized carbons (Fsp3) is 0.154. The van der Waals surface area contributed by atoms with E-state index in [9.17, 15) is 14.0 Å². The van der Waals surface area contributed by atoms with E-state index in [1.807, 2.05) is 0 Å². The van der Waals surface area contributed by atoms with E-state index in [4.69, 9.17) is 5.11 Å². The fourth-order valence-electron chi connectivity index (χ4n) is 1.64. The van der Waals surface area contributed by atoms with Crippen LogP contribution in [-0.2, 0) is 11.2 Å². The maximum atomic E-state index is 12.8. The summed E-state index contributed by atoms with van der Waals surface area (Å²) in [5.74, 6) is -1.33. The lowest BCUT2D eigenvalue weighted by atomic mass is 10.1. The van der Waals surface area contributed by atoms with E-state index >= 15 is 0 Å². The molecular weight excluding hydrogens is 251 g/mol. The van der Waals surface area contributed by atoms with Crippen molar-refractivity contribution >= 4 is 5.97 Å². The van der Waals surface area contributed by atoms with E-state index in [2.05, 4.69) is 10.2 Å². The molecule has 1 heterocycles. The number of carboxylic acids is 1. The number of aryl methyl sites for hydroxylation is 1. The summed E-state index contributed by atoms with van der Waals surface area (Å²) in [6, 6.07) is 7.18. The first kappa shape index (κ1) is 12.9. The molecule has 5 nitrogen and oxygen atoms in total. The quantitative estimate of drug-likeness (QED) is 0.876. The highest BCUT2D eigenvalue weighted by Crippen LogP contribution is 2.16. The highest BCUT2D eigenvalue weighted by Gasteiger charge is 2.07. The molecule has 0 bridgehead atoms. The first-order valence-corrected chi connectivity index (χ1v) is 5.62. The number of rotatable bonds is 4. The molecular formula is C13H11FN2O3. The number of aromatic amines is 1. The Morgan fingerprint density at radius 1 is 1.32 bits per heavy atom. The van der Waals surface area contributed by atoms with Gasteiger partial charge in [0.1, 0.15) is 5.82 Å². The predicted octanol–water partition coefficient (Wildman–Crippen LogP) is 1.59. The SMILES string of the molecule is O=C(O)CCc1cc(-c2ccc(F)cc2)n[nH]c1=O. The number of H-pyrrole nitrogens is 1. The molecule has 2 aromatic rings. The monoisotopic (exact) mass is 262 g/mol. The maximum Gasteiger partial charge on any atom is 0.303 e. The molecule has 0 radical (unpaired) electrons. The summed E-state index contributed by atoms with van der Waals surface area (Å²) in [4.78, 5) is 22.0. The average molecular weight is 262 g/mol. The second kappa shape index (κ2) is 5.43. The molecule has 0 saturated heterocycles. The third-order valence-corrected chi connectivity index (χ3v) is 2.63. The van der Waals surface area contributed by atoms with Gasteiger partial charge in [0.25, 0.3) is 5.56 Å². The van der Waals surface area contributed by atoms with Crippen molar-refractivity contribution < 1.29 is 14.3 Å². The minimum Gasteiger partial charge on any atom is -0.481 e. The van der Waals surface area contributed by atoms with Gasteiger partial charge < -0.3 is 5.11 Å². The summed E-state index contributed by atoms with van der Waals surface area (Å²) in [7, 11) is 0. The Labute approximate surface area is 107 Å². The van der Waals surface area contributed by atoms with Crippen molar-refractivity contribution in [2.75, 3.05) is 0 Å². The predicted molar refractivity (Wildman–Crippen MR) is 66.2 cm³/mol. The van der Waals surface area contributed by atoms with E-state index in [0.29, 0.717) is 16.8 Å². The molecule has 0 spiro atoms. The van der Waals surface area contributed by atoms with E-state index in [1.54, 1.807) is 0 Å². The third kappa shape index (κ3) is 3.25. The zero-order valence-corrected chi connectivity index (χ0v) is 9.89. The van der Waals surface area contributed by atoms with Crippen LogP contribution in [0.15, 0.2) is 35.1 Å². The summed E-state index contributed by atoms with van der Waals surface area (Å²) in [6.07, 6.45) is -0.00265. The highest BCUT2D eigenvalue weighted by atomic mass is 19.1. The lowest BCUT2D eigenvalue weighted by molar-refractivity contribution is -0.136. The van der Waals surface area contributed by atoms with Crippen LogP contribution < -0.4 is 5.56 Å². The number of hydrogen-bond donors (Lipinski definition) is 2. The molecule has 2 N–H and O–H groups in total. The van der Waals surface area contributed by atoms with Crippen molar-refractivity contribution in [1.29, 1.82) is 0 Å². The van der Waals surface area contributed by atoms with Gasteiger partial charge in [0.2, 0.25) is 0 Å². The van der Waals surface area contributed by atoms with Crippen molar-refractivity contribution in [2.24, 2.45) is 0 Å². The molecule has 2 rings (SSSR count). The first-order chi connectivity index (χ1) is 9.06. The van der Waals surface area contributed by atoms with Gasteiger partial charge in [0, 0.05) is 17.5 Å². The molecule has 0 atom stereocenters. The van der Waals surface area contributed by atoms with Crippen LogP contribution in [0.3, 0.4) is 0 Å². The fourth-order valence-corrected chi connectivity index (χ4v) is 1.64. The van der Waals surface area contributed by atoms with Gasteiger partial charge in [0.15, 0.2) is 0 Å². The number of benzene rings is 1. The number of carboxylic acid groups (broad SMARTS) is 1.